The molecule has 0 unspecified atom stereocenters. The van der Waals surface area contributed by atoms with E-state index in [0.29, 0.717) is 0 Å². The summed E-state index contributed by atoms with van der Waals surface area (Å²) in [6.07, 6.45) is 0. The van der Waals surface area contributed by atoms with Gasteiger partial charge in [0.05, 0.1) is 0 Å². The van der Waals surface area contributed by atoms with Gasteiger partial charge in [0.2, 0.25) is 5.78 Å². The van der Waals surface area contributed by atoms with Crippen molar-refractivity contribution in [1.82, 2.24) is 0 Å². The Labute approximate surface area is 58.8 Å². The lowest BCUT2D eigenvalue weighted by molar-refractivity contribution is -0.161. The molecule has 0 saturated heterocycles. The summed E-state index contributed by atoms with van der Waals surface area (Å²) < 4.78 is 4.03. The Morgan fingerprint density at radius 1 is 1.50 bits per heavy atom. The van der Waals surface area contributed by atoms with E-state index in [1.54, 1.807) is 13.8 Å². The first-order chi connectivity index (χ1) is 4.59. The largest absolute Gasteiger partial charge is 0.433 e. The van der Waals surface area contributed by atoms with Gasteiger partial charge >= 0.3 is 5.97 Å². The zero-order valence-corrected chi connectivity index (χ0v) is 5.96. The SMILES string of the molecule is CC(C)C(=O)C(=O)OCO. The molecule has 0 rings (SSSR count). The topological polar surface area (TPSA) is 63.6 Å². The molecule has 4 heteroatoms. The van der Waals surface area contributed by atoms with Crippen molar-refractivity contribution >= 4 is 11.8 Å². The average Bonchev–Trinajstić information content (AvgIpc) is 1.87. The van der Waals surface area contributed by atoms with Crippen LogP contribution >= 0.6 is 0 Å². The van der Waals surface area contributed by atoms with Gasteiger partial charge in [0, 0.05) is 5.92 Å². The third kappa shape index (κ3) is 2.59. The number of carbonyl (C=O) groups is 2. The number of hydrogen-bond acceptors (Lipinski definition) is 4. The van der Waals surface area contributed by atoms with E-state index in [1.807, 2.05) is 0 Å². The van der Waals surface area contributed by atoms with Crippen molar-refractivity contribution in [3.63, 3.8) is 0 Å². The summed E-state index contributed by atoms with van der Waals surface area (Å²) >= 11 is 0. The highest BCUT2D eigenvalue weighted by Gasteiger charge is 2.18. The van der Waals surface area contributed by atoms with E-state index < -0.39 is 18.5 Å². The minimum Gasteiger partial charge on any atom is -0.433 e. The predicted octanol–water partition coefficient (Wildman–Crippen LogP) is -0.296. The van der Waals surface area contributed by atoms with Gasteiger partial charge in [-0.3, -0.25) is 4.79 Å². The molecule has 0 bridgehead atoms. The second kappa shape index (κ2) is 4.00. The molecule has 0 aliphatic carbocycles. The Balaban J connectivity index is 3.83. The fraction of sp³-hybridized carbons (Fsp3) is 0.667. The van der Waals surface area contributed by atoms with E-state index in [0.717, 1.165) is 0 Å². The predicted molar refractivity (Wildman–Crippen MR) is 33.0 cm³/mol. The molecule has 10 heavy (non-hydrogen) atoms. The fourth-order valence-corrected chi connectivity index (χ4v) is 0.365. The molecular formula is C6H10O4. The summed E-state index contributed by atoms with van der Waals surface area (Å²) in [5.74, 6) is -1.97. The van der Waals surface area contributed by atoms with E-state index in [-0.39, 0.29) is 5.92 Å². The van der Waals surface area contributed by atoms with Crippen molar-refractivity contribution in [3.05, 3.63) is 0 Å². The van der Waals surface area contributed by atoms with Crippen molar-refractivity contribution in [2.45, 2.75) is 13.8 Å². The van der Waals surface area contributed by atoms with Crippen LogP contribution in [-0.2, 0) is 14.3 Å². The van der Waals surface area contributed by atoms with E-state index in [4.69, 9.17) is 5.11 Å². The second-order valence-electron chi connectivity index (χ2n) is 2.08. The van der Waals surface area contributed by atoms with E-state index in [9.17, 15) is 9.59 Å². The minimum atomic E-state index is -0.975. The Morgan fingerprint density at radius 3 is 2.30 bits per heavy atom. The van der Waals surface area contributed by atoms with Crippen LogP contribution in [0.2, 0.25) is 0 Å². The van der Waals surface area contributed by atoms with Gasteiger partial charge in [-0.25, -0.2) is 4.79 Å². The molecule has 58 valence electrons. The van der Waals surface area contributed by atoms with E-state index in [2.05, 4.69) is 4.74 Å². The molecule has 0 aromatic heterocycles. The summed E-state index contributed by atoms with van der Waals surface area (Å²) in [5.41, 5.74) is 0. The van der Waals surface area contributed by atoms with Crippen LogP contribution in [-0.4, -0.2) is 23.7 Å². The molecule has 0 aliphatic heterocycles. The number of Topliss-reactive ketones (excluding diaryl/α,β-unsaturated/α-hetero) is 1. The van der Waals surface area contributed by atoms with Gasteiger partial charge in [-0.15, -0.1) is 0 Å². The maximum atomic E-state index is 10.6. The molecule has 0 amide bonds. The molecule has 0 atom stereocenters. The summed E-state index contributed by atoms with van der Waals surface area (Å²) in [6, 6.07) is 0. The van der Waals surface area contributed by atoms with Crippen molar-refractivity contribution < 1.29 is 19.4 Å². The molecule has 4 nitrogen and oxygen atoms in total. The molecule has 0 aromatic carbocycles. The van der Waals surface area contributed by atoms with Gasteiger partial charge in [0.25, 0.3) is 0 Å². The smallest absolute Gasteiger partial charge is 0.376 e. The summed E-state index contributed by atoms with van der Waals surface area (Å²) in [4.78, 5) is 21.1. The number of carbonyl (C=O) groups excluding carboxylic acids is 2. The molecular weight excluding hydrogens is 136 g/mol. The van der Waals surface area contributed by atoms with Crippen molar-refractivity contribution in [3.8, 4) is 0 Å². The fourth-order valence-electron chi connectivity index (χ4n) is 0.365. The van der Waals surface area contributed by atoms with E-state index in [1.165, 1.54) is 0 Å². The second-order valence-corrected chi connectivity index (χ2v) is 2.08. The third-order valence-corrected chi connectivity index (χ3v) is 0.921. The first-order valence-corrected chi connectivity index (χ1v) is 2.91. The Kier molecular flexibility index (Phi) is 3.64. The standard InChI is InChI=1S/C6H10O4/c1-4(2)5(8)6(9)10-3-7/h4,7H,3H2,1-2H3. The van der Waals surface area contributed by atoms with Crippen LogP contribution in [0.1, 0.15) is 13.8 Å². The van der Waals surface area contributed by atoms with Crippen LogP contribution in [0.25, 0.3) is 0 Å². The van der Waals surface area contributed by atoms with Crippen LogP contribution < -0.4 is 0 Å². The van der Waals surface area contributed by atoms with Crippen LogP contribution in [0.5, 0.6) is 0 Å². The quantitative estimate of drug-likeness (QED) is 0.337. The van der Waals surface area contributed by atoms with Gasteiger partial charge in [0.1, 0.15) is 0 Å². The van der Waals surface area contributed by atoms with Crippen molar-refractivity contribution in [2.75, 3.05) is 6.79 Å². The average molecular weight is 146 g/mol. The van der Waals surface area contributed by atoms with Gasteiger partial charge in [-0.1, -0.05) is 13.8 Å². The van der Waals surface area contributed by atoms with Crippen LogP contribution in [0.15, 0.2) is 0 Å². The molecule has 0 fully saturated rings. The summed E-state index contributed by atoms with van der Waals surface area (Å²) in [5, 5.41) is 8.07. The van der Waals surface area contributed by atoms with Gasteiger partial charge < -0.3 is 9.84 Å². The highest BCUT2D eigenvalue weighted by Crippen LogP contribution is 1.95. The van der Waals surface area contributed by atoms with Crippen LogP contribution in [0, 0.1) is 5.92 Å². The molecule has 1 N–H and O–H groups in total. The number of rotatable bonds is 3. The van der Waals surface area contributed by atoms with E-state index >= 15 is 0 Å². The molecule has 0 aliphatic rings. The number of ether oxygens (including phenoxy) is 1. The zero-order valence-electron chi connectivity index (χ0n) is 5.96. The third-order valence-electron chi connectivity index (χ3n) is 0.921. The highest BCUT2D eigenvalue weighted by molar-refractivity contribution is 6.34. The molecule has 0 aromatic rings. The summed E-state index contributed by atoms with van der Waals surface area (Å²) in [7, 11) is 0. The molecule has 0 saturated carbocycles. The first-order valence-electron chi connectivity index (χ1n) is 2.91. The number of hydrogen-bond donors (Lipinski definition) is 1. The number of aliphatic hydroxyl groups excluding tert-OH is 1. The first kappa shape index (κ1) is 9.10. The Morgan fingerprint density at radius 2 is 2.00 bits per heavy atom. The van der Waals surface area contributed by atoms with Crippen LogP contribution in [0.3, 0.4) is 0 Å². The number of esters is 1. The highest BCUT2D eigenvalue weighted by atomic mass is 16.6. The maximum Gasteiger partial charge on any atom is 0.376 e. The lowest BCUT2D eigenvalue weighted by atomic mass is 10.1. The Bertz CT molecular complexity index is 139. The molecule has 0 radical (unpaired) electrons. The zero-order chi connectivity index (χ0) is 8.15. The lowest BCUT2D eigenvalue weighted by Gasteiger charge is -2.00. The number of ketones is 1. The van der Waals surface area contributed by atoms with Gasteiger partial charge in [-0.05, 0) is 0 Å². The molecule has 0 heterocycles. The lowest BCUT2D eigenvalue weighted by Crippen LogP contribution is -2.22. The van der Waals surface area contributed by atoms with Crippen molar-refractivity contribution in [2.24, 2.45) is 5.92 Å². The maximum absolute atomic E-state index is 10.6. The van der Waals surface area contributed by atoms with Crippen molar-refractivity contribution in [1.29, 1.82) is 0 Å². The summed E-state index contributed by atoms with van der Waals surface area (Å²) in [6.45, 7) is 2.43. The molecule has 0 spiro atoms. The minimum absolute atomic E-state index is 0.376. The van der Waals surface area contributed by atoms with Crippen LogP contribution in [0.4, 0.5) is 0 Å². The van der Waals surface area contributed by atoms with Gasteiger partial charge in [0.15, 0.2) is 6.79 Å². The monoisotopic (exact) mass is 146 g/mol. The number of aliphatic hydroxyl groups is 1. The van der Waals surface area contributed by atoms with Gasteiger partial charge in [-0.2, -0.15) is 0 Å². The normalized spacial score (nSPS) is 9.60. The Hall–Kier alpha value is -0.900.